The first-order valence-electron chi connectivity index (χ1n) is 9.43. The SMILES string of the molecule is COc1ccc([C@H]2Cn3nc(-c4nc(-c5ccccc5C)no4)cc3CO2)cc1. The van der Waals surface area contributed by atoms with E-state index in [4.69, 9.17) is 14.0 Å². The predicted octanol–water partition coefficient (Wildman–Crippen LogP) is 4.19. The number of hydrogen-bond donors (Lipinski definition) is 0. The molecule has 0 amide bonds. The molecule has 1 atom stereocenters. The predicted molar refractivity (Wildman–Crippen MR) is 106 cm³/mol. The summed E-state index contributed by atoms with van der Waals surface area (Å²) in [5.74, 6) is 1.80. The van der Waals surface area contributed by atoms with Crippen LogP contribution in [0.1, 0.15) is 22.9 Å². The lowest BCUT2D eigenvalue weighted by molar-refractivity contribution is -0.00115. The van der Waals surface area contributed by atoms with Crippen molar-refractivity contribution in [2.45, 2.75) is 26.2 Å². The Morgan fingerprint density at radius 2 is 1.93 bits per heavy atom. The Hall–Kier alpha value is -3.45. The number of aryl methyl sites for hydroxylation is 1. The molecule has 1 aliphatic rings. The summed E-state index contributed by atoms with van der Waals surface area (Å²) in [7, 11) is 1.66. The zero-order valence-corrected chi connectivity index (χ0v) is 16.2. The van der Waals surface area contributed by atoms with Crippen LogP contribution in [0, 0.1) is 6.92 Å². The first kappa shape index (κ1) is 17.6. The van der Waals surface area contributed by atoms with Crippen molar-refractivity contribution in [1.82, 2.24) is 19.9 Å². The third-order valence-electron chi connectivity index (χ3n) is 5.15. The molecule has 0 aliphatic carbocycles. The second-order valence-corrected chi connectivity index (χ2v) is 7.01. The maximum Gasteiger partial charge on any atom is 0.278 e. The van der Waals surface area contributed by atoms with Crippen molar-refractivity contribution in [2.24, 2.45) is 0 Å². The number of ether oxygens (including phenoxy) is 2. The van der Waals surface area contributed by atoms with Gasteiger partial charge in [0.2, 0.25) is 5.82 Å². The monoisotopic (exact) mass is 388 g/mol. The molecule has 146 valence electrons. The molecular weight excluding hydrogens is 368 g/mol. The fraction of sp³-hybridized carbons (Fsp3) is 0.227. The molecule has 3 heterocycles. The Balaban J connectivity index is 1.39. The largest absolute Gasteiger partial charge is 0.497 e. The van der Waals surface area contributed by atoms with E-state index in [0.29, 0.717) is 30.6 Å². The third-order valence-corrected chi connectivity index (χ3v) is 5.15. The van der Waals surface area contributed by atoms with E-state index in [1.807, 2.05) is 66.2 Å². The lowest BCUT2D eigenvalue weighted by Crippen LogP contribution is -2.21. The molecule has 29 heavy (non-hydrogen) atoms. The minimum absolute atomic E-state index is 0.0635. The van der Waals surface area contributed by atoms with Gasteiger partial charge in [0.1, 0.15) is 11.9 Å². The van der Waals surface area contributed by atoms with Gasteiger partial charge in [-0.3, -0.25) is 4.68 Å². The smallest absolute Gasteiger partial charge is 0.278 e. The van der Waals surface area contributed by atoms with Crippen LogP contribution in [0.25, 0.3) is 23.0 Å². The van der Waals surface area contributed by atoms with E-state index >= 15 is 0 Å². The van der Waals surface area contributed by atoms with Crippen LogP contribution in [0.5, 0.6) is 5.75 Å². The maximum absolute atomic E-state index is 6.04. The Kier molecular flexibility index (Phi) is 4.37. The highest BCUT2D eigenvalue weighted by Crippen LogP contribution is 2.30. The van der Waals surface area contributed by atoms with Crippen LogP contribution in [0.2, 0.25) is 0 Å². The zero-order chi connectivity index (χ0) is 19.8. The minimum Gasteiger partial charge on any atom is -0.497 e. The molecule has 2 aromatic heterocycles. The van der Waals surface area contributed by atoms with E-state index in [0.717, 1.165) is 28.1 Å². The van der Waals surface area contributed by atoms with Gasteiger partial charge in [0.25, 0.3) is 5.89 Å². The van der Waals surface area contributed by atoms with Crippen LogP contribution in [-0.2, 0) is 17.9 Å². The normalized spacial score (nSPS) is 15.9. The van der Waals surface area contributed by atoms with Crippen molar-refractivity contribution in [1.29, 1.82) is 0 Å². The van der Waals surface area contributed by atoms with Gasteiger partial charge >= 0.3 is 0 Å². The Morgan fingerprint density at radius 1 is 1.10 bits per heavy atom. The summed E-state index contributed by atoms with van der Waals surface area (Å²) >= 11 is 0. The number of rotatable bonds is 4. The van der Waals surface area contributed by atoms with E-state index in [9.17, 15) is 0 Å². The topological polar surface area (TPSA) is 75.2 Å². The van der Waals surface area contributed by atoms with Gasteiger partial charge in [-0.15, -0.1) is 0 Å². The van der Waals surface area contributed by atoms with Gasteiger partial charge in [-0.2, -0.15) is 10.1 Å². The lowest BCUT2D eigenvalue weighted by atomic mass is 10.1. The van der Waals surface area contributed by atoms with Crippen LogP contribution in [0.4, 0.5) is 0 Å². The first-order chi connectivity index (χ1) is 14.2. The average molecular weight is 388 g/mol. The standard InChI is InChI=1S/C22H20N4O3/c1-14-5-3-4-6-18(14)21-23-22(29-25-21)19-11-16-13-28-20(12-26(16)24-19)15-7-9-17(27-2)10-8-15/h3-11,20H,12-13H2,1-2H3/t20-/m1/s1. The van der Waals surface area contributed by atoms with Gasteiger partial charge in [-0.05, 0) is 36.2 Å². The molecule has 0 unspecified atom stereocenters. The molecule has 1 aliphatic heterocycles. The Morgan fingerprint density at radius 3 is 2.72 bits per heavy atom. The molecule has 0 bridgehead atoms. The van der Waals surface area contributed by atoms with E-state index in [2.05, 4.69) is 15.2 Å². The highest BCUT2D eigenvalue weighted by molar-refractivity contribution is 5.61. The zero-order valence-electron chi connectivity index (χ0n) is 16.2. The number of aromatic nitrogens is 4. The van der Waals surface area contributed by atoms with E-state index in [1.54, 1.807) is 7.11 Å². The molecule has 5 rings (SSSR count). The van der Waals surface area contributed by atoms with Crippen LogP contribution in [0.3, 0.4) is 0 Å². The van der Waals surface area contributed by atoms with Gasteiger partial charge in [0.05, 0.1) is 26.0 Å². The van der Waals surface area contributed by atoms with Crippen molar-refractivity contribution >= 4 is 0 Å². The van der Waals surface area contributed by atoms with E-state index in [1.165, 1.54) is 0 Å². The van der Waals surface area contributed by atoms with Gasteiger partial charge in [-0.1, -0.05) is 41.6 Å². The molecule has 0 spiro atoms. The quantitative estimate of drug-likeness (QED) is 0.522. The molecule has 7 nitrogen and oxygen atoms in total. The summed E-state index contributed by atoms with van der Waals surface area (Å²) in [6, 6.07) is 17.8. The van der Waals surface area contributed by atoms with Crippen molar-refractivity contribution in [3.63, 3.8) is 0 Å². The van der Waals surface area contributed by atoms with Gasteiger partial charge < -0.3 is 14.0 Å². The molecule has 0 radical (unpaired) electrons. The molecular formula is C22H20N4O3. The number of hydrogen-bond acceptors (Lipinski definition) is 6. The number of fused-ring (bicyclic) bond motifs is 1. The van der Waals surface area contributed by atoms with Gasteiger partial charge in [0.15, 0.2) is 5.69 Å². The van der Waals surface area contributed by atoms with Crippen LogP contribution in [0.15, 0.2) is 59.1 Å². The summed E-state index contributed by atoms with van der Waals surface area (Å²) < 4.78 is 18.7. The van der Waals surface area contributed by atoms with E-state index in [-0.39, 0.29) is 6.10 Å². The number of benzene rings is 2. The Bertz CT molecular complexity index is 1150. The molecule has 7 heteroatoms. The van der Waals surface area contributed by atoms with Crippen LogP contribution in [-0.4, -0.2) is 27.0 Å². The second-order valence-electron chi connectivity index (χ2n) is 7.01. The number of nitrogens with zero attached hydrogens (tertiary/aromatic N) is 4. The summed E-state index contributed by atoms with van der Waals surface area (Å²) in [5, 5.41) is 8.81. The Labute approximate surface area is 167 Å². The number of methoxy groups -OCH3 is 1. The fourth-order valence-electron chi connectivity index (χ4n) is 3.51. The maximum atomic E-state index is 6.04. The molecule has 2 aromatic carbocycles. The highest BCUT2D eigenvalue weighted by atomic mass is 16.5. The van der Waals surface area contributed by atoms with E-state index < -0.39 is 0 Å². The lowest BCUT2D eigenvalue weighted by Gasteiger charge is -2.24. The fourth-order valence-corrected chi connectivity index (χ4v) is 3.51. The van der Waals surface area contributed by atoms with Crippen molar-refractivity contribution in [3.8, 4) is 28.7 Å². The molecule has 0 saturated carbocycles. The second kappa shape index (κ2) is 7.18. The van der Waals surface area contributed by atoms with Crippen molar-refractivity contribution < 1.29 is 14.0 Å². The van der Waals surface area contributed by atoms with Gasteiger partial charge in [0, 0.05) is 5.56 Å². The van der Waals surface area contributed by atoms with Crippen LogP contribution < -0.4 is 4.74 Å². The third kappa shape index (κ3) is 3.30. The molecule has 0 saturated heterocycles. The van der Waals surface area contributed by atoms with Crippen molar-refractivity contribution in [2.75, 3.05) is 7.11 Å². The summed E-state index contributed by atoms with van der Waals surface area (Å²) in [4.78, 5) is 4.54. The van der Waals surface area contributed by atoms with Gasteiger partial charge in [-0.25, -0.2) is 0 Å². The summed E-state index contributed by atoms with van der Waals surface area (Å²) in [5.41, 5.74) is 4.79. The summed E-state index contributed by atoms with van der Waals surface area (Å²) in [6.07, 6.45) is -0.0635. The average Bonchev–Trinajstić information content (AvgIpc) is 3.40. The minimum atomic E-state index is -0.0635. The molecule has 0 fully saturated rings. The van der Waals surface area contributed by atoms with Crippen molar-refractivity contribution in [3.05, 3.63) is 71.4 Å². The molecule has 0 N–H and O–H groups in total. The van der Waals surface area contributed by atoms with Crippen LogP contribution >= 0.6 is 0 Å². The highest BCUT2D eigenvalue weighted by Gasteiger charge is 2.24. The molecule has 4 aromatic rings. The first-order valence-corrected chi connectivity index (χ1v) is 9.43. The summed E-state index contributed by atoms with van der Waals surface area (Å²) in [6.45, 7) is 3.13.